The zero-order valence-corrected chi connectivity index (χ0v) is 12.5. The van der Waals surface area contributed by atoms with Gasteiger partial charge in [0.15, 0.2) is 0 Å². The van der Waals surface area contributed by atoms with E-state index in [1.807, 2.05) is 11.9 Å². The Hall–Kier alpha value is -0.170. The Balaban J connectivity index is 2.09. The minimum atomic E-state index is -2.86. The first-order valence-corrected chi connectivity index (χ1v) is 8.66. The summed E-state index contributed by atoms with van der Waals surface area (Å²) in [7, 11) is -0.908. The van der Waals surface area contributed by atoms with Gasteiger partial charge in [-0.1, -0.05) is 0 Å². The number of sulfone groups is 1. The molecule has 1 aliphatic rings. The van der Waals surface area contributed by atoms with Crippen molar-refractivity contribution in [3.8, 4) is 0 Å². The van der Waals surface area contributed by atoms with Gasteiger partial charge in [0.05, 0.1) is 11.9 Å². The predicted molar refractivity (Wildman–Crippen MR) is 73.6 cm³/mol. The molecule has 0 bridgehead atoms. The molecule has 1 rings (SSSR count). The van der Waals surface area contributed by atoms with Crippen molar-refractivity contribution in [2.45, 2.75) is 31.9 Å². The molecule has 0 aromatic carbocycles. The first-order valence-electron chi connectivity index (χ1n) is 6.60. The van der Waals surface area contributed by atoms with E-state index in [1.165, 1.54) is 6.26 Å². The smallest absolute Gasteiger partial charge is 0.148 e. The molecule has 1 saturated heterocycles. The number of nitrogens with one attached hydrogen (secondary N) is 1. The normalized spacial score (nSPS) is 22.6. The molecule has 0 radical (unpaired) electrons. The lowest BCUT2D eigenvalue weighted by molar-refractivity contribution is 0.0830. The fraction of sp³-hybridized carbons (Fsp3) is 1.00. The summed E-state index contributed by atoms with van der Waals surface area (Å²) in [5, 5.41) is 3.44. The maximum absolute atomic E-state index is 11.0. The molecular formula is C12H26N2O3S. The lowest BCUT2D eigenvalue weighted by Gasteiger charge is -2.22. The second kappa shape index (κ2) is 7.43. The molecule has 6 heteroatoms. The highest BCUT2D eigenvalue weighted by molar-refractivity contribution is 7.90. The monoisotopic (exact) mass is 278 g/mol. The number of hydrogen-bond donors (Lipinski definition) is 1. The van der Waals surface area contributed by atoms with E-state index in [0.717, 1.165) is 32.5 Å². The summed E-state index contributed by atoms with van der Waals surface area (Å²) in [5.41, 5.74) is 0. The molecule has 0 aromatic heterocycles. The number of hydrogen-bond acceptors (Lipinski definition) is 5. The number of rotatable bonds is 8. The van der Waals surface area contributed by atoms with Gasteiger partial charge in [-0.05, 0) is 26.8 Å². The summed E-state index contributed by atoms with van der Waals surface area (Å²) in [5.74, 6) is 0.227. The molecule has 0 spiro atoms. The second-order valence-electron chi connectivity index (χ2n) is 5.23. The molecule has 1 fully saturated rings. The Morgan fingerprint density at radius 2 is 2.17 bits per heavy atom. The summed E-state index contributed by atoms with van der Waals surface area (Å²) >= 11 is 0. The van der Waals surface area contributed by atoms with Crippen molar-refractivity contribution in [3.05, 3.63) is 0 Å². The van der Waals surface area contributed by atoms with Crippen LogP contribution in [-0.2, 0) is 14.6 Å². The van der Waals surface area contributed by atoms with Crippen LogP contribution in [-0.4, -0.2) is 70.8 Å². The van der Waals surface area contributed by atoms with E-state index in [1.54, 1.807) is 0 Å². The van der Waals surface area contributed by atoms with Crippen LogP contribution in [0.3, 0.4) is 0 Å². The number of likely N-dealkylation sites (N-methyl/N-ethyl adjacent to an activating group) is 1. The molecule has 0 saturated carbocycles. The van der Waals surface area contributed by atoms with Crippen LogP contribution < -0.4 is 5.32 Å². The van der Waals surface area contributed by atoms with E-state index < -0.39 is 9.84 Å². The Morgan fingerprint density at radius 1 is 1.44 bits per heavy atom. The maximum atomic E-state index is 11.0. The van der Waals surface area contributed by atoms with E-state index >= 15 is 0 Å². The Kier molecular flexibility index (Phi) is 6.55. The quantitative estimate of drug-likeness (QED) is 0.683. The third-order valence-electron chi connectivity index (χ3n) is 3.33. The molecule has 2 atom stereocenters. The average Bonchev–Trinajstić information content (AvgIpc) is 2.78. The van der Waals surface area contributed by atoms with Crippen LogP contribution in [0.15, 0.2) is 0 Å². The van der Waals surface area contributed by atoms with Crippen molar-refractivity contribution in [1.82, 2.24) is 10.2 Å². The summed E-state index contributed by atoms with van der Waals surface area (Å²) in [4.78, 5) is 2.04. The molecule has 2 unspecified atom stereocenters. The van der Waals surface area contributed by atoms with E-state index in [4.69, 9.17) is 4.74 Å². The lowest BCUT2D eigenvalue weighted by atomic mass is 10.1. The molecular weight excluding hydrogens is 252 g/mol. The molecule has 0 amide bonds. The summed E-state index contributed by atoms with van der Waals surface area (Å²) < 4.78 is 27.7. The molecule has 108 valence electrons. The van der Waals surface area contributed by atoms with Gasteiger partial charge in [-0.15, -0.1) is 0 Å². The molecule has 1 N–H and O–H groups in total. The Bertz CT molecular complexity index is 326. The van der Waals surface area contributed by atoms with Gasteiger partial charge in [-0.2, -0.15) is 0 Å². The van der Waals surface area contributed by atoms with E-state index in [9.17, 15) is 8.42 Å². The number of nitrogens with zero attached hydrogens (tertiary/aromatic N) is 1. The molecule has 0 aromatic rings. The first-order chi connectivity index (χ1) is 8.38. The predicted octanol–water partition coefficient (Wildman–Crippen LogP) is 0.120. The third-order valence-corrected chi connectivity index (χ3v) is 4.25. The van der Waals surface area contributed by atoms with Crippen LogP contribution in [0.5, 0.6) is 0 Å². The van der Waals surface area contributed by atoms with Crippen LogP contribution in [0, 0.1) is 0 Å². The second-order valence-corrected chi connectivity index (χ2v) is 7.49. The van der Waals surface area contributed by atoms with Crippen molar-refractivity contribution in [2.24, 2.45) is 0 Å². The number of ether oxygens (including phenoxy) is 1. The Labute approximate surface area is 111 Å². The SMILES string of the molecule is CC(NCCN(C)CCS(C)(=O)=O)C1CCCO1. The Morgan fingerprint density at radius 3 is 2.72 bits per heavy atom. The highest BCUT2D eigenvalue weighted by atomic mass is 32.2. The standard InChI is InChI=1S/C12H26N2O3S/c1-11(12-5-4-9-17-12)13-6-7-14(2)8-10-18(3,15)16/h11-13H,4-10H2,1-3H3. The van der Waals surface area contributed by atoms with Gasteiger partial charge in [0.25, 0.3) is 0 Å². The summed E-state index contributed by atoms with van der Waals surface area (Å²) in [6, 6.07) is 0.371. The highest BCUT2D eigenvalue weighted by Gasteiger charge is 2.21. The van der Waals surface area contributed by atoms with Crippen LogP contribution in [0.4, 0.5) is 0 Å². The van der Waals surface area contributed by atoms with Crippen molar-refractivity contribution < 1.29 is 13.2 Å². The first kappa shape index (κ1) is 15.9. The van der Waals surface area contributed by atoms with Crippen molar-refractivity contribution in [2.75, 3.05) is 45.3 Å². The summed E-state index contributed by atoms with van der Waals surface area (Å²) in [6.07, 6.45) is 3.91. The minimum Gasteiger partial charge on any atom is -0.377 e. The maximum Gasteiger partial charge on any atom is 0.148 e. The lowest BCUT2D eigenvalue weighted by Crippen LogP contribution is -2.41. The third kappa shape index (κ3) is 6.68. The zero-order chi connectivity index (χ0) is 13.6. The fourth-order valence-electron chi connectivity index (χ4n) is 2.04. The highest BCUT2D eigenvalue weighted by Crippen LogP contribution is 2.14. The molecule has 1 aliphatic heterocycles. The van der Waals surface area contributed by atoms with Crippen LogP contribution in [0.25, 0.3) is 0 Å². The van der Waals surface area contributed by atoms with Crippen LogP contribution in [0.1, 0.15) is 19.8 Å². The van der Waals surface area contributed by atoms with Gasteiger partial charge in [0.2, 0.25) is 0 Å². The van der Waals surface area contributed by atoms with Gasteiger partial charge in [0, 0.05) is 38.5 Å². The van der Waals surface area contributed by atoms with E-state index in [-0.39, 0.29) is 5.75 Å². The molecule has 5 nitrogen and oxygen atoms in total. The van der Waals surface area contributed by atoms with Crippen LogP contribution >= 0.6 is 0 Å². The topological polar surface area (TPSA) is 58.6 Å². The van der Waals surface area contributed by atoms with E-state index in [2.05, 4.69) is 12.2 Å². The largest absolute Gasteiger partial charge is 0.377 e. The zero-order valence-electron chi connectivity index (χ0n) is 11.7. The molecule has 18 heavy (non-hydrogen) atoms. The fourth-order valence-corrected chi connectivity index (χ4v) is 2.69. The van der Waals surface area contributed by atoms with Crippen molar-refractivity contribution in [3.63, 3.8) is 0 Å². The minimum absolute atomic E-state index is 0.227. The summed E-state index contributed by atoms with van der Waals surface area (Å²) in [6.45, 7) is 5.33. The van der Waals surface area contributed by atoms with Crippen molar-refractivity contribution >= 4 is 9.84 Å². The van der Waals surface area contributed by atoms with Crippen molar-refractivity contribution in [1.29, 1.82) is 0 Å². The van der Waals surface area contributed by atoms with Gasteiger partial charge >= 0.3 is 0 Å². The molecule has 0 aliphatic carbocycles. The van der Waals surface area contributed by atoms with Crippen LogP contribution in [0.2, 0.25) is 0 Å². The van der Waals surface area contributed by atoms with Gasteiger partial charge in [0.1, 0.15) is 9.84 Å². The van der Waals surface area contributed by atoms with Gasteiger partial charge in [-0.3, -0.25) is 0 Å². The van der Waals surface area contributed by atoms with Gasteiger partial charge < -0.3 is 15.0 Å². The van der Waals surface area contributed by atoms with E-state index in [0.29, 0.717) is 18.7 Å². The molecule has 1 heterocycles. The van der Waals surface area contributed by atoms with Gasteiger partial charge in [-0.25, -0.2) is 8.42 Å². The average molecular weight is 278 g/mol.